The highest BCUT2D eigenvalue weighted by Crippen LogP contribution is 2.28. The van der Waals surface area contributed by atoms with Crippen LogP contribution < -0.4 is 0 Å². The molecule has 0 aromatic heterocycles. The Bertz CT molecular complexity index is 1970. The molecule has 2 aliphatic carbocycles. The molecule has 0 heterocycles. The number of carbonyl (C=O) groups excluding carboxylic acids is 3. The number of nitrogens with zero attached hydrogens (tertiary/aromatic N) is 4. The molecule has 0 radical (unpaired) electrons. The third kappa shape index (κ3) is 8.10. The molecule has 0 spiro atoms. The largest absolute Gasteiger partial charge is 0.478 e. The third-order valence-corrected chi connectivity index (χ3v) is 7.84. The van der Waals surface area contributed by atoms with E-state index in [1.807, 2.05) is 0 Å². The maximum atomic E-state index is 12.0. The molecule has 220 valence electrons. The molecular formula is C26H17ClN4O10S2. The van der Waals surface area contributed by atoms with Gasteiger partial charge in [0.1, 0.15) is 4.90 Å². The lowest BCUT2D eigenvalue weighted by Crippen LogP contribution is -2.20. The van der Waals surface area contributed by atoms with Gasteiger partial charge in [-0.15, -0.1) is 0 Å². The van der Waals surface area contributed by atoms with E-state index in [1.165, 1.54) is 60.7 Å². The summed E-state index contributed by atoms with van der Waals surface area (Å²) in [6.45, 7) is 6.07. The number of carbonyl (C=O) groups is 4. The second-order valence-corrected chi connectivity index (χ2v) is 11.8. The predicted molar refractivity (Wildman–Crippen MR) is 151 cm³/mol. The van der Waals surface area contributed by atoms with Gasteiger partial charge in [-0.05, 0) is 24.3 Å². The molecule has 43 heavy (non-hydrogen) atoms. The monoisotopic (exact) mass is 644 g/mol. The van der Waals surface area contributed by atoms with E-state index in [0.717, 1.165) is 6.08 Å². The van der Waals surface area contributed by atoms with Crippen LogP contribution in [0.25, 0.3) is 23.2 Å². The molecule has 4 rings (SSSR count). The van der Waals surface area contributed by atoms with Gasteiger partial charge in [-0.1, -0.05) is 37.4 Å². The van der Waals surface area contributed by atoms with Crippen molar-refractivity contribution in [2.45, 2.75) is 9.79 Å². The Hall–Kier alpha value is -5.37. The molecule has 14 nitrogen and oxygen atoms in total. The highest BCUT2D eigenvalue weighted by molar-refractivity contribution is 8.13. The van der Waals surface area contributed by atoms with Gasteiger partial charge in [-0.3, -0.25) is 9.59 Å². The number of benzene rings is 2. The Morgan fingerprint density at radius 2 is 1.21 bits per heavy atom. The molecule has 0 atom stereocenters. The van der Waals surface area contributed by atoms with Crippen LogP contribution in [0.2, 0.25) is 0 Å². The van der Waals surface area contributed by atoms with Gasteiger partial charge in [0.25, 0.3) is 20.6 Å². The summed E-state index contributed by atoms with van der Waals surface area (Å²) in [5.74, 6) is -3.30. The number of hydrogen-bond donors (Lipinski definition) is 1. The molecule has 0 unspecified atom stereocenters. The van der Waals surface area contributed by atoms with Crippen LogP contribution in [-0.4, -0.2) is 66.5 Å². The van der Waals surface area contributed by atoms with Crippen LogP contribution in [0, 0.1) is 0 Å². The SMILES string of the molecule is C=CC(=O)O.C=CC(=O)OS(=O)(=O)c1cccc2c1C=CC(=[N+]=[N-])C2=O.[N-]=[N+]=C1C=Cc2c(cccc2S(=O)(=O)Cl)C1=O. The first-order valence-corrected chi connectivity index (χ1v) is 14.9. The van der Waals surface area contributed by atoms with Gasteiger partial charge < -0.3 is 20.4 Å². The Morgan fingerprint density at radius 1 is 0.791 bits per heavy atom. The van der Waals surface area contributed by atoms with Crippen LogP contribution in [0.5, 0.6) is 0 Å². The topological polar surface area (TPSA) is 239 Å². The summed E-state index contributed by atoms with van der Waals surface area (Å²) in [5, 5.41) is 7.60. The van der Waals surface area contributed by atoms with E-state index in [-0.39, 0.29) is 43.5 Å². The number of hydrogen-bond acceptors (Lipinski definition) is 9. The van der Waals surface area contributed by atoms with Gasteiger partial charge in [0.05, 0.1) is 4.90 Å². The van der Waals surface area contributed by atoms with Crippen molar-refractivity contribution in [2.24, 2.45) is 0 Å². The van der Waals surface area contributed by atoms with Crippen molar-refractivity contribution in [1.82, 2.24) is 0 Å². The van der Waals surface area contributed by atoms with Crippen LogP contribution in [0.1, 0.15) is 31.8 Å². The fourth-order valence-electron chi connectivity index (χ4n) is 3.35. The van der Waals surface area contributed by atoms with Crippen molar-refractivity contribution in [2.75, 3.05) is 0 Å². The zero-order valence-corrected chi connectivity index (χ0v) is 23.8. The average Bonchev–Trinajstić information content (AvgIpc) is 2.97. The van der Waals surface area contributed by atoms with E-state index < -0.39 is 42.7 Å². The Balaban J connectivity index is 0.000000264. The maximum absolute atomic E-state index is 12.0. The molecular weight excluding hydrogens is 628 g/mol. The highest BCUT2D eigenvalue weighted by atomic mass is 35.7. The zero-order valence-electron chi connectivity index (χ0n) is 21.4. The molecule has 0 bridgehead atoms. The molecule has 0 saturated heterocycles. The predicted octanol–water partition coefficient (Wildman–Crippen LogP) is 2.74. The van der Waals surface area contributed by atoms with Crippen LogP contribution in [-0.2, 0) is 32.9 Å². The summed E-state index contributed by atoms with van der Waals surface area (Å²) in [5.41, 5.74) is 17.3. The van der Waals surface area contributed by atoms with Crippen LogP contribution in [0.15, 0.2) is 83.7 Å². The summed E-state index contributed by atoms with van der Waals surface area (Å²) in [6.07, 6.45) is 6.61. The number of rotatable bonds is 5. The minimum Gasteiger partial charge on any atom is -0.478 e. The standard InChI is InChI=1S/C13H8N2O5S.C10H5ClN2O3S.C3H4O2/c1-2-12(16)20-21(18,19)11-5-3-4-9-8(11)6-7-10(15-14)13(9)17;11-17(15,16)9-3-1-2-7-6(9)4-5-8(13-12)10(7)14;1-2-3(4)5/h2-7H,1H2;1-5H;2H,1H2,(H,4,5). The number of allylic oxidation sites excluding steroid dienone is 2. The molecule has 2 aromatic carbocycles. The van der Waals surface area contributed by atoms with E-state index in [0.29, 0.717) is 6.08 Å². The molecule has 2 aromatic rings. The van der Waals surface area contributed by atoms with Crippen LogP contribution in [0.4, 0.5) is 0 Å². The fourth-order valence-corrected chi connectivity index (χ4v) is 5.51. The number of ketones is 2. The first kappa shape index (κ1) is 33.8. The van der Waals surface area contributed by atoms with Gasteiger partial charge in [-0.2, -0.15) is 18.0 Å². The quantitative estimate of drug-likeness (QED) is 0.164. The van der Waals surface area contributed by atoms with E-state index in [1.54, 1.807) is 0 Å². The van der Waals surface area contributed by atoms with Crippen molar-refractivity contribution < 1.29 is 54.9 Å². The van der Waals surface area contributed by atoms with Crippen LogP contribution in [0.3, 0.4) is 0 Å². The first-order chi connectivity index (χ1) is 20.1. The van der Waals surface area contributed by atoms with Gasteiger partial charge >= 0.3 is 33.5 Å². The highest BCUT2D eigenvalue weighted by Gasteiger charge is 2.32. The summed E-state index contributed by atoms with van der Waals surface area (Å²) >= 11 is 0. The number of halogens is 1. The van der Waals surface area contributed by atoms with Gasteiger partial charge in [0.15, 0.2) is 0 Å². The van der Waals surface area contributed by atoms with Crippen molar-refractivity contribution in [3.8, 4) is 0 Å². The van der Waals surface area contributed by atoms with Crippen molar-refractivity contribution in [3.05, 3.63) is 107 Å². The Kier molecular flexibility index (Phi) is 11.0. The molecule has 0 fully saturated rings. The second-order valence-electron chi connectivity index (χ2n) is 7.77. The van der Waals surface area contributed by atoms with Gasteiger partial charge in [-0.25, -0.2) is 18.0 Å². The summed E-state index contributed by atoms with van der Waals surface area (Å²) in [7, 11) is -3.05. The van der Waals surface area contributed by atoms with Gasteiger partial charge in [0.2, 0.25) is 0 Å². The lowest BCUT2D eigenvalue weighted by atomic mass is 9.95. The van der Waals surface area contributed by atoms with Crippen molar-refractivity contribution in [1.29, 1.82) is 0 Å². The van der Waals surface area contributed by atoms with Crippen LogP contribution >= 0.6 is 10.7 Å². The van der Waals surface area contributed by atoms with E-state index in [2.05, 4.69) is 26.9 Å². The third-order valence-electron chi connectivity index (χ3n) is 5.18. The fraction of sp³-hybridized carbons (Fsp3) is 0. The minimum absolute atomic E-state index is 0.0287. The van der Waals surface area contributed by atoms with E-state index >= 15 is 0 Å². The molecule has 17 heteroatoms. The van der Waals surface area contributed by atoms with E-state index in [9.17, 15) is 36.0 Å². The number of Topliss-reactive ketones (excluding diaryl/α,β-unsaturated/α-hetero) is 2. The summed E-state index contributed by atoms with van der Waals surface area (Å²) in [4.78, 5) is 49.2. The molecule has 2 aliphatic rings. The van der Waals surface area contributed by atoms with Crippen molar-refractivity contribution in [3.63, 3.8) is 0 Å². The normalized spacial score (nSPS) is 13.0. The number of carboxylic acid groups (broad SMARTS) is 1. The minimum atomic E-state index is -4.39. The summed E-state index contributed by atoms with van der Waals surface area (Å²) in [6, 6.07) is 8.04. The smallest absolute Gasteiger partial charge is 0.362 e. The van der Waals surface area contributed by atoms with Crippen molar-refractivity contribution >= 4 is 76.9 Å². The number of carboxylic acids is 1. The lowest BCUT2D eigenvalue weighted by molar-refractivity contribution is -0.131. The van der Waals surface area contributed by atoms with E-state index in [4.69, 9.17) is 26.9 Å². The zero-order chi connectivity index (χ0) is 32.5. The average molecular weight is 645 g/mol. The summed E-state index contributed by atoms with van der Waals surface area (Å²) < 4.78 is 51.0. The lowest BCUT2D eigenvalue weighted by Gasteiger charge is -2.12. The number of aliphatic carboxylic acids is 1. The second kappa shape index (κ2) is 14.0. The molecule has 0 saturated carbocycles. The molecule has 0 aliphatic heterocycles. The Labute approximate surface area is 248 Å². The van der Waals surface area contributed by atoms with Gasteiger partial charge in [0, 0.05) is 57.2 Å². The molecule has 0 amide bonds. The first-order valence-electron chi connectivity index (χ1n) is 11.2. The molecule has 1 N–H and O–H groups in total. The number of fused-ring (bicyclic) bond motifs is 2. The Morgan fingerprint density at radius 3 is 1.58 bits per heavy atom. The maximum Gasteiger partial charge on any atom is 0.362 e.